The van der Waals surface area contributed by atoms with Gasteiger partial charge in [-0.3, -0.25) is 13.6 Å². The van der Waals surface area contributed by atoms with E-state index in [1.807, 2.05) is 5.43 Å². The minimum Gasteiger partial charge on any atom is -0.396 e. The average Bonchev–Trinajstić information content (AvgIpc) is 2.53. The van der Waals surface area contributed by atoms with Crippen LogP contribution in [-0.2, 0) is 22.7 Å². The van der Waals surface area contributed by atoms with Gasteiger partial charge in [0.1, 0.15) is 0 Å². The number of hydrogen-bond acceptors (Lipinski definition) is 9. The molecule has 7 N–H and O–H groups in total. The number of halogens is 2. The summed E-state index contributed by atoms with van der Waals surface area (Å²) in [4.78, 5) is 26.7. The summed E-state index contributed by atoms with van der Waals surface area (Å²) in [6.45, 7) is 0.658. The summed E-state index contributed by atoms with van der Waals surface area (Å²) >= 11 is 0. The summed E-state index contributed by atoms with van der Waals surface area (Å²) in [6.07, 6.45) is 0.0755. The van der Waals surface area contributed by atoms with E-state index >= 15 is 0 Å². The molecule has 0 amide bonds. The molecule has 0 saturated carbocycles. The molecule has 0 aromatic rings. The Morgan fingerprint density at radius 3 is 2.04 bits per heavy atom. The first kappa shape index (κ1) is 25.9. The maximum atomic E-state index is 12.6. The Hall–Kier alpha value is -0.0800. The number of hydrazine groups is 1. The Kier molecular flexibility index (Phi) is 11.7. The van der Waals surface area contributed by atoms with Crippen LogP contribution in [0.5, 0.6) is 0 Å². The van der Waals surface area contributed by atoms with Gasteiger partial charge in [0.2, 0.25) is 0 Å². The van der Waals surface area contributed by atoms with Crippen molar-refractivity contribution >= 4 is 15.6 Å². The fourth-order valence-electron chi connectivity index (χ4n) is 1.75. The summed E-state index contributed by atoms with van der Waals surface area (Å²) in [7, 11) is -9.47. The molecule has 3 atom stereocenters. The Labute approximate surface area is 148 Å². The topological polar surface area (TPSA) is 179 Å². The zero-order valence-electron chi connectivity index (χ0n) is 14.2. The molecule has 0 aliphatic heterocycles. The maximum absolute atomic E-state index is 12.6. The van der Waals surface area contributed by atoms with Crippen LogP contribution in [0.4, 0.5) is 8.96 Å². The van der Waals surface area contributed by atoms with Crippen LogP contribution in [0.1, 0.15) is 20.3 Å². The molecule has 0 aliphatic carbocycles. The van der Waals surface area contributed by atoms with E-state index in [1.165, 1.54) is 19.4 Å². The van der Waals surface area contributed by atoms with Crippen molar-refractivity contribution in [2.45, 2.75) is 31.8 Å². The summed E-state index contributed by atoms with van der Waals surface area (Å²) in [5.41, 5.74) is 3.36. The molecule has 0 fully saturated rings. The third-order valence-corrected chi connectivity index (χ3v) is 4.36. The third kappa shape index (κ3) is 13.1. The van der Waals surface area contributed by atoms with Crippen molar-refractivity contribution in [3.05, 3.63) is 0 Å². The highest BCUT2D eigenvalue weighted by atomic mass is 31.2. The lowest BCUT2D eigenvalue weighted by Gasteiger charge is -2.26. The summed E-state index contributed by atoms with van der Waals surface area (Å²) in [5.74, 6) is -0.684. The lowest BCUT2D eigenvalue weighted by Crippen LogP contribution is -2.42. The largest absolute Gasteiger partial charge is 0.472 e. The molecule has 0 heterocycles. The zero-order valence-corrected chi connectivity index (χ0v) is 16.0. The van der Waals surface area contributed by atoms with Gasteiger partial charge in [-0.15, -0.1) is 8.96 Å². The van der Waals surface area contributed by atoms with E-state index in [2.05, 4.69) is 13.6 Å². The molecule has 0 aliphatic rings. The number of phosphoric ester groups is 2. The molecule has 3 unspecified atom stereocenters. The molecule has 0 spiro atoms. The molecule has 0 bridgehead atoms. The number of phosphoric acid groups is 2. The zero-order chi connectivity index (χ0) is 20.4. The summed E-state index contributed by atoms with van der Waals surface area (Å²) in [6, 6.07) is -1.25. The number of hydrogen-bond donors (Lipinski definition) is 7. The van der Waals surface area contributed by atoms with E-state index in [1.54, 1.807) is 0 Å². The fourth-order valence-corrected chi connectivity index (χ4v) is 2.97. The lowest BCUT2D eigenvalue weighted by atomic mass is 9.92. The minimum atomic E-state index is -4.83. The Morgan fingerprint density at radius 1 is 1.04 bits per heavy atom. The monoisotopic (exact) mass is 431 g/mol. The highest BCUT2D eigenvalue weighted by molar-refractivity contribution is 7.47. The van der Waals surface area contributed by atoms with Crippen molar-refractivity contribution in [3.63, 3.8) is 0 Å². The van der Waals surface area contributed by atoms with Gasteiger partial charge in [-0.2, -0.15) is 5.54 Å². The van der Waals surface area contributed by atoms with Gasteiger partial charge in [0.15, 0.2) is 0 Å². The quantitative estimate of drug-likeness (QED) is 0.104. The molecular formula is C10H25F2N3O9P2. The van der Waals surface area contributed by atoms with Gasteiger partial charge in [-0.25, -0.2) is 14.6 Å². The maximum Gasteiger partial charge on any atom is 0.472 e. The highest BCUT2D eigenvalue weighted by Crippen LogP contribution is 2.44. The SMILES string of the molecule is CC(C)(CC(CO)COP(=O)(O)OCC(COP(=O)(O)O)NNF)NF. The van der Waals surface area contributed by atoms with Crippen LogP contribution in [0, 0.1) is 5.92 Å². The first-order chi connectivity index (χ1) is 11.8. The fraction of sp³-hybridized carbons (Fsp3) is 1.00. The number of aliphatic hydroxyl groups excluding tert-OH is 1. The van der Waals surface area contributed by atoms with E-state index in [4.69, 9.17) is 9.79 Å². The molecular weight excluding hydrogens is 406 g/mol. The molecule has 16 heteroatoms. The second-order valence-electron chi connectivity index (χ2n) is 6.01. The standard InChI is InChI=1S/C10H25F2N3O9P2/c1-10(2,14-11)3-8(4-16)5-23-26(20,21)24-7-9(13-15-12)6-22-25(17,18)19/h8-9,13-16H,3-7H2,1-2H3,(H,20,21)(H2,17,18,19). The average molecular weight is 431 g/mol. The first-order valence-corrected chi connectivity index (χ1v) is 10.3. The number of aliphatic hydroxyl groups is 1. The van der Waals surface area contributed by atoms with Crippen molar-refractivity contribution in [2.75, 3.05) is 26.4 Å². The van der Waals surface area contributed by atoms with Crippen LogP contribution < -0.4 is 16.6 Å². The second-order valence-corrected chi connectivity index (χ2v) is 8.71. The lowest BCUT2D eigenvalue weighted by molar-refractivity contribution is 0.0679. The van der Waals surface area contributed by atoms with Gasteiger partial charge >= 0.3 is 15.6 Å². The Morgan fingerprint density at radius 2 is 1.58 bits per heavy atom. The van der Waals surface area contributed by atoms with E-state index in [0.717, 1.165) is 5.65 Å². The Balaban J connectivity index is 4.51. The molecule has 0 aromatic heterocycles. The smallest absolute Gasteiger partial charge is 0.396 e. The van der Waals surface area contributed by atoms with Gasteiger partial charge in [0, 0.05) is 18.1 Å². The van der Waals surface area contributed by atoms with Gasteiger partial charge in [0.25, 0.3) is 0 Å². The predicted molar refractivity (Wildman–Crippen MR) is 84.4 cm³/mol. The van der Waals surface area contributed by atoms with Crippen molar-refractivity contribution < 1.29 is 51.5 Å². The molecule has 0 aromatic carbocycles. The summed E-state index contributed by atoms with van der Waals surface area (Å²) in [5, 5.41) is 9.22. The minimum absolute atomic E-state index is 0.0755. The van der Waals surface area contributed by atoms with Crippen molar-refractivity contribution in [3.8, 4) is 0 Å². The normalized spacial score (nSPS) is 17.7. The molecule has 0 saturated heterocycles. The number of nitrogens with one attached hydrogen (secondary N) is 3. The van der Waals surface area contributed by atoms with Crippen molar-refractivity contribution in [1.29, 1.82) is 0 Å². The first-order valence-electron chi connectivity index (χ1n) is 7.26. The van der Waals surface area contributed by atoms with Gasteiger partial charge < -0.3 is 19.8 Å². The molecule has 0 radical (unpaired) electrons. The number of rotatable bonds is 15. The van der Waals surface area contributed by atoms with E-state index < -0.39 is 59.6 Å². The molecule has 158 valence electrons. The van der Waals surface area contributed by atoms with Crippen LogP contribution in [-0.4, -0.2) is 57.8 Å². The van der Waals surface area contributed by atoms with Crippen LogP contribution in [0.15, 0.2) is 0 Å². The molecule has 26 heavy (non-hydrogen) atoms. The van der Waals surface area contributed by atoms with E-state index in [-0.39, 0.29) is 6.42 Å². The second kappa shape index (κ2) is 11.7. The van der Waals surface area contributed by atoms with Crippen molar-refractivity contribution in [1.82, 2.24) is 16.6 Å². The van der Waals surface area contributed by atoms with E-state index in [9.17, 15) is 28.1 Å². The predicted octanol–water partition coefficient (Wildman–Crippen LogP) is -0.172. The Bertz CT molecular complexity index is 496. The van der Waals surface area contributed by atoms with Crippen LogP contribution >= 0.6 is 15.6 Å². The molecule has 0 rings (SSSR count). The summed E-state index contributed by atoms with van der Waals surface area (Å²) < 4.78 is 60.4. The molecule has 12 nitrogen and oxygen atoms in total. The van der Waals surface area contributed by atoms with Gasteiger partial charge in [-0.1, -0.05) is 5.65 Å². The van der Waals surface area contributed by atoms with Crippen LogP contribution in [0.25, 0.3) is 0 Å². The van der Waals surface area contributed by atoms with Crippen LogP contribution in [0.3, 0.4) is 0 Å². The third-order valence-electron chi connectivity index (χ3n) is 2.93. The van der Waals surface area contributed by atoms with E-state index in [0.29, 0.717) is 0 Å². The van der Waals surface area contributed by atoms with Gasteiger partial charge in [0.05, 0.1) is 25.9 Å². The van der Waals surface area contributed by atoms with Gasteiger partial charge in [-0.05, 0) is 20.3 Å². The van der Waals surface area contributed by atoms with Crippen molar-refractivity contribution in [2.24, 2.45) is 5.92 Å². The van der Waals surface area contributed by atoms with Crippen LogP contribution in [0.2, 0.25) is 0 Å². The highest BCUT2D eigenvalue weighted by Gasteiger charge is 2.29.